The zero-order valence-electron chi connectivity index (χ0n) is 10.7. The molecule has 5 nitrogen and oxygen atoms in total. The van der Waals surface area contributed by atoms with Gasteiger partial charge in [0.25, 0.3) is 5.92 Å². The average molecular weight is 401 g/mol. The topological polar surface area (TPSA) is 66.8 Å². The third-order valence-electron chi connectivity index (χ3n) is 3.82. The van der Waals surface area contributed by atoms with Gasteiger partial charge in [-0.15, -0.1) is 0 Å². The lowest BCUT2D eigenvalue weighted by atomic mass is 9.88. The van der Waals surface area contributed by atoms with Gasteiger partial charge in [0.05, 0.1) is 18.9 Å². The summed E-state index contributed by atoms with van der Waals surface area (Å²) in [4.78, 5) is 23.6. The Labute approximate surface area is 128 Å². The Bertz CT molecular complexity index is 464. The Hall–Kier alpha value is -0.610. The number of alkyl halides is 3. The maximum absolute atomic E-state index is 14.4. The van der Waals surface area contributed by atoms with Crippen LogP contribution in [0.15, 0.2) is 12.3 Å². The number of aliphatic hydroxyl groups excluding tert-OH is 1. The molecule has 1 saturated heterocycles. The molecule has 1 fully saturated rings. The highest BCUT2D eigenvalue weighted by atomic mass is 127. The van der Waals surface area contributed by atoms with Crippen LogP contribution in [0.25, 0.3) is 0 Å². The Morgan fingerprint density at radius 1 is 1.55 bits per heavy atom. The summed E-state index contributed by atoms with van der Waals surface area (Å²) in [5.74, 6) is -5.71. The van der Waals surface area contributed by atoms with Crippen molar-refractivity contribution in [1.82, 2.24) is 4.90 Å². The quantitative estimate of drug-likeness (QED) is 0.437. The van der Waals surface area contributed by atoms with Crippen LogP contribution in [-0.2, 0) is 14.3 Å². The third kappa shape index (κ3) is 2.27. The van der Waals surface area contributed by atoms with E-state index >= 15 is 0 Å². The molecule has 0 unspecified atom stereocenters. The molecule has 2 aliphatic rings. The molecule has 0 aliphatic carbocycles. The number of ether oxygens (including phenoxy) is 1. The van der Waals surface area contributed by atoms with Gasteiger partial charge in [0, 0.05) is 10.6 Å². The van der Waals surface area contributed by atoms with Crippen LogP contribution in [0.2, 0.25) is 0 Å². The van der Waals surface area contributed by atoms with Gasteiger partial charge in [-0.3, -0.25) is 14.5 Å². The van der Waals surface area contributed by atoms with Crippen molar-refractivity contribution in [3.63, 3.8) is 0 Å². The van der Waals surface area contributed by atoms with Crippen molar-refractivity contribution < 1.29 is 28.2 Å². The number of hydrogen-bond donors (Lipinski definition) is 1. The van der Waals surface area contributed by atoms with Crippen LogP contribution in [0, 0.1) is 5.92 Å². The van der Waals surface area contributed by atoms with Crippen molar-refractivity contribution in [3.8, 4) is 0 Å². The maximum atomic E-state index is 14.4. The number of rotatable bonds is 3. The summed E-state index contributed by atoms with van der Waals surface area (Å²) >= 11 is 1.87. The largest absolute Gasteiger partial charge is 0.393 e. The highest BCUT2D eigenvalue weighted by Crippen LogP contribution is 2.49. The number of carbonyl (C=O) groups excluding carboxylic acids is 2. The number of amides is 1. The molecule has 2 aliphatic heterocycles. The molecule has 112 valence electrons. The lowest BCUT2D eigenvalue weighted by Crippen LogP contribution is -2.48. The van der Waals surface area contributed by atoms with Gasteiger partial charge >= 0.3 is 0 Å². The van der Waals surface area contributed by atoms with Gasteiger partial charge in [-0.05, 0) is 6.08 Å². The smallest absolute Gasteiger partial charge is 0.297 e. The summed E-state index contributed by atoms with van der Waals surface area (Å²) in [6.45, 7) is 0.728. The Morgan fingerprint density at radius 2 is 2.20 bits per heavy atom. The molecule has 0 aromatic rings. The lowest BCUT2D eigenvalue weighted by Gasteiger charge is -2.31. The molecule has 2 heterocycles. The molecule has 0 radical (unpaired) electrons. The number of carbonyl (C=O) groups is 2. The van der Waals surface area contributed by atoms with E-state index in [1.54, 1.807) is 0 Å². The molecular weight excluding hydrogens is 387 g/mol. The fraction of sp³-hybridized carbons (Fsp3) is 0.667. The average Bonchev–Trinajstić information content (AvgIpc) is 2.60. The van der Waals surface area contributed by atoms with Crippen LogP contribution >= 0.6 is 22.6 Å². The van der Waals surface area contributed by atoms with E-state index in [-0.39, 0.29) is 4.43 Å². The maximum Gasteiger partial charge on any atom is 0.297 e. The third-order valence-corrected chi connectivity index (χ3v) is 5.11. The second-order valence-corrected chi connectivity index (χ2v) is 5.75. The first-order valence-corrected chi connectivity index (χ1v) is 7.55. The number of allylic oxidation sites excluding steroid dienone is 1. The first-order valence-electron chi connectivity index (χ1n) is 6.03. The predicted octanol–water partition coefficient (Wildman–Crippen LogP) is 1.10. The van der Waals surface area contributed by atoms with Crippen LogP contribution < -0.4 is 0 Å². The normalized spacial score (nSPS) is 36.8. The fourth-order valence-corrected chi connectivity index (χ4v) is 3.41. The zero-order valence-corrected chi connectivity index (χ0v) is 12.8. The van der Waals surface area contributed by atoms with Crippen molar-refractivity contribution in [2.45, 2.75) is 31.1 Å². The van der Waals surface area contributed by atoms with Crippen LogP contribution in [0.5, 0.6) is 0 Å². The van der Waals surface area contributed by atoms with Crippen LogP contribution in [0.4, 0.5) is 8.78 Å². The van der Waals surface area contributed by atoms with E-state index in [1.165, 1.54) is 6.92 Å². The summed E-state index contributed by atoms with van der Waals surface area (Å²) < 4.78 is 34.3. The van der Waals surface area contributed by atoms with E-state index in [2.05, 4.69) is 0 Å². The number of aliphatic hydroxyl groups is 1. The molecule has 0 saturated carbocycles. The summed E-state index contributed by atoms with van der Waals surface area (Å²) in [5.41, 5.74) is -1.40. The van der Waals surface area contributed by atoms with Gasteiger partial charge in [0.15, 0.2) is 5.78 Å². The summed E-state index contributed by atoms with van der Waals surface area (Å²) in [7, 11) is 0. The molecule has 1 N–H and O–H groups in total. The number of hydrogen-bond acceptors (Lipinski definition) is 4. The van der Waals surface area contributed by atoms with Crippen molar-refractivity contribution in [2.24, 2.45) is 5.92 Å². The molecule has 0 aromatic heterocycles. The minimum Gasteiger partial charge on any atom is -0.393 e. The first-order chi connectivity index (χ1) is 9.28. The van der Waals surface area contributed by atoms with Crippen molar-refractivity contribution in [2.75, 3.05) is 11.0 Å². The highest BCUT2D eigenvalue weighted by Gasteiger charge is 2.65. The summed E-state index contributed by atoms with van der Waals surface area (Å²) in [6.07, 6.45) is -0.137. The van der Waals surface area contributed by atoms with E-state index in [1.807, 2.05) is 22.6 Å². The zero-order chi connectivity index (χ0) is 15.1. The molecule has 0 bridgehead atoms. The minimum atomic E-state index is -3.31. The SMILES string of the molecule is C[C@H]1C(F)(F)[C@H](N2C=CC(=O)CC2=O)O[C@@]1(CO)CI. The first kappa shape index (κ1) is 15.8. The fourth-order valence-electron chi connectivity index (χ4n) is 2.33. The predicted molar refractivity (Wildman–Crippen MR) is 73.3 cm³/mol. The standard InChI is InChI=1S/C12H14F2INO4/c1-7-11(5-15,6-17)20-10(12(7,13)14)16-3-2-8(18)4-9(16)19/h2-3,7,10,17H,4-6H2,1H3/t7-,10-,11-/m1/s1. The molecule has 1 amide bonds. The van der Waals surface area contributed by atoms with Gasteiger partial charge in [-0.1, -0.05) is 29.5 Å². The van der Waals surface area contributed by atoms with Crippen LogP contribution in [-0.4, -0.2) is 50.5 Å². The van der Waals surface area contributed by atoms with Gasteiger partial charge < -0.3 is 9.84 Å². The second-order valence-electron chi connectivity index (χ2n) is 4.98. The molecule has 0 spiro atoms. The number of ketones is 1. The Balaban J connectivity index is 2.35. The van der Waals surface area contributed by atoms with E-state index in [0.29, 0.717) is 0 Å². The van der Waals surface area contributed by atoms with Gasteiger partial charge in [0.2, 0.25) is 12.1 Å². The molecule has 0 aromatic carbocycles. The van der Waals surface area contributed by atoms with Crippen molar-refractivity contribution >= 4 is 34.3 Å². The van der Waals surface area contributed by atoms with Crippen LogP contribution in [0.3, 0.4) is 0 Å². The van der Waals surface area contributed by atoms with Gasteiger partial charge in [-0.2, -0.15) is 0 Å². The molecule has 8 heteroatoms. The molecule has 20 heavy (non-hydrogen) atoms. The van der Waals surface area contributed by atoms with E-state index in [0.717, 1.165) is 17.2 Å². The summed E-state index contributed by atoms with van der Waals surface area (Å²) in [6, 6.07) is 0. The van der Waals surface area contributed by atoms with Crippen molar-refractivity contribution in [3.05, 3.63) is 12.3 Å². The lowest BCUT2D eigenvalue weighted by molar-refractivity contribution is -0.174. The summed E-state index contributed by atoms with van der Waals surface area (Å²) in [5, 5.41) is 9.40. The Morgan fingerprint density at radius 3 is 2.65 bits per heavy atom. The van der Waals surface area contributed by atoms with Gasteiger partial charge in [-0.25, -0.2) is 8.78 Å². The van der Waals surface area contributed by atoms with Crippen molar-refractivity contribution in [1.29, 1.82) is 0 Å². The monoisotopic (exact) mass is 401 g/mol. The second kappa shape index (κ2) is 5.30. The van der Waals surface area contributed by atoms with Gasteiger partial charge in [0.1, 0.15) is 5.60 Å². The highest BCUT2D eigenvalue weighted by molar-refractivity contribution is 14.1. The van der Waals surface area contributed by atoms with Crippen LogP contribution in [0.1, 0.15) is 13.3 Å². The number of nitrogens with zero attached hydrogens (tertiary/aromatic N) is 1. The number of halogens is 3. The molecule has 3 atom stereocenters. The van der Waals surface area contributed by atoms with E-state index in [4.69, 9.17) is 4.74 Å². The molecular formula is C12H14F2INO4. The molecule has 2 rings (SSSR count). The Kier molecular flexibility index (Phi) is 4.18. The van der Waals surface area contributed by atoms with E-state index < -0.39 is 48.4 Å². The minimum absolute atomic E-state index is 0.166. The van der Waals surface area contributed by atoms with E-state index in [9.17, 15) is 23.5 Å².